The highest BCUT2D eigenvalue weighted by molar-refractivity contribution is 5.84. The molecule has 0 aliphatic heterocycles. The van der Waals surface area contributed by atoms with E-state index >= 15 is 0 Å². The van der Waals surface area contributed by atoms with Crippen molar-refractivity contribution < 1.29 is 5.11 Å². The first-order valence-electron chi connectivity index (χ1n) is 11.8. The first-order valence-corrected chi connectivity index (χ1v) is 11.8. The van der Waals surface area contributed by atoms with Crippen molar-refractivity contribution in [1.29, 1.82) is 0 Å². The first-order chi connectivity index (χ1) is 15.1. The van der Waals surface area contributed by atoms with E-state index < -0.39 is 5.56 Å². The molecule has 31 heavy (non-hydrogen) atoms. The van der Waals surface area contributed by atoms with Gasteiger partial charge in [-0.1, -0.05) is 63.6 Å². The third-order valence-corrected chi connectivity index (χ3v) is 6.92. The number of aliphatic imine (C=N–C) groups is 1. The van der Waals surface area contributed by atoms with Crippen LogP contribution in [0.3, 0.4) is 0 Å². The molecule has 2 aromatic rings. The van der Waals surface area contributed by atoms with Gasteiger partial charge in [-0.3, -0.25) is 18.9 Å². The summed E-state index contributed by atoms with van der Waals surface area (Å²) in [6.07, 6.45) is 12.1. The fourth-order valence-electron chi connectivity index (χ4n) is 5.16. The highest BCUT2D eigenvalue weighted by atomic mass is 16.3. The van der Waals surface area contributed by atoms with Crippen LogP contribution in [0.25, 0.3) is 0 Å². The highest BCUT2D eigenvalue weighted by Gasteiger charge is 2.28. The Morgan fingerprint density at radius 1 is 0.935 bits per heavy atom. The van der Waals surface area contributed by atoms with E-state index in [0.29, 0.717) is 0 Å². The Hall–Kier alpha value is -2.63. The van der Waals surface area contributed by atoms with Gasteiger partial charge in [0.15, 0.2) is 0 Å². The van der Waals surface area contributed by atoms with Crippen LogP contribution in [0.1, 0.15) is 94.3 Å². The average molecular weight is 424 g/mol. The van der Waals surface area contributed by atoms with E-state index in [1.165, 1.54) is 15.3 Å². The number of hydrogen-bond acceptors (Lipinski definition) is 4. The largest absolute Gasteiger partial charge is 0.494 e. The molecular formula is C25H33N3O3. The number of para-hydroxylation sites is 1. The predicted octanol–water partition coefficient (Wildman–Crippen LogP) is 5.04. The summed E-state index contributed by atoms with van der Waals surface area (Å²) in [5.41, 5.74) is 1.21. The zero-order valence-electron chi connectivity index (χ0n) is 18.4. The summed E-state index contributed by atoms with van der Waals surface area (Å²) in [5, 5.41) is 11.1. The second-order valence-corrected chi connectivity index (χ2v) is 8.89. The van der Waals surface area contributed by atoms with Gasteiger partial charge in [-0.15, -0.1) is 0 Å². The van der Waals surface area contributed by atoms with Gasteiger partial charge in [-0.25, -0.2) is 4.79 Å². The molecule has 2 aliphatic carbocycles. The second kappa shape index (κ2) is 9.67. The molecule has 0 atom stereocenters. The van der Waals surface area contributed by atoms with Crippen LogP contribution in [0.2, 0.25) is 0 Å². The van der Waals surface area contributed by atoms with Gasteiger partial charge in [0.25, 0.3) is 5.56 Å². The zero-order valence-corrected chi connectivity index (χ0v) is 18.4. The van der Waals surface area contributed by atoms with Gasteiger partial charge in [0, 0.05) is 18.3 Å². The van der Waals surface area contributed by atoms with E-state index in [9.17, 15) is 14.7 Å². The fourth-order valence-corrected chi connectivity index (χ4v) is 5.16. The first kappa shape index (κ1) is 21.6. The highest BCUT2D eigenvalue weighted by Crippen LogP contribution is 2.32. The molecular weight excluding hydrogens is 390 g/mol. The molecule has 0 saturated heterocycles. The third-order valence-electron chi connectivity index (χ3n) is 6.92. The van der Waals surface area contributed by atoms with Crippen molar-refractivity contribution >= 4 is 11.9 Å². The summed E-state index contributed by atoms with van der Waals surface area (Å²) in [4.78, 5) is 31.4. The Labute approximate surface area is 183 Å². The van der Waals surface area contributed by atoms with Gasteiger partial charge >= 0.3 is 5.69 Å². The Bertz CT molecular complexity index is 1050. The van der Waals surface area contributed by atoms with E-state index in [0.717, 1.165) is 81.9 Å². The molecule has 2 saturated carbocycles. The number of rotatable bonds is 5. The minimum atomic E-state index is -0.417. The number of hydrogen-bond donors (Lipinski definition) is 1. The lowest BCUT2D eigenvalue weighted by atomic mass is 9.94. The molecule has 1 heterocycles. The monoisotopic (exact) mass is 423 g/mol. The standard InChI is InChI=1S/C25H33N3O3/c1-2-18-11-9-10-16-22(18)26-17-21-23(29)27(19-12-5-3-6-13-19)25(31)28(24(21)30)20-14-7-4-8-15-20/h9-11,16-17,19-20,29H,2-8,12-15H2,1H3. The zero-order chi connectivity index (χ0) is 21.8. The number of aromatic hydroxyl groups is 1. The Morgan fingerprint density at radius 3 is 2.13 bits per heavy atom. The van der Waals surface area contributed by atoms with Crippen LogP contribution in [0.15, 0.2) is 38.8 Å². The topological polar surface area (TPSA) is 76.6 Å². The maximum absolute atomic E-state index is 13.5. The average Bonchev–Trinajstić information content (AvgIpc) is 2.80. The molecule has 0 radical (unpaired) electrons. The van der Waals surface area contributed by atoms with Crippen LogP contribution >= 0.6 is 0 Å². The molecule has 0 spiro atoms. The van der Waals surface area contributed by atoms with E-state index in [4.69, 9.17) is 0 Å². The van der Waals surface area contributed by atoms with Crippen molar-refractivity contribution in [2.75, 3.05) is 0 Å². The molecule has 4 rings (SSSR count). The lowest BCUT2D eigenvalue weighted by molar-refractivity contribution is 0.271. The van der Waals surface area contributed by atoms with Gasteiger partial charge in [0.1, 0.15) is 5.56 Å². The normalized spacial score (nSPS) is 18.6. The number of benzene rings is 1. The van der Waals surface area contributed by atoms with Crippen LogP contribution < -0.4 is 11.2 Å². The van der Waals surface area contributed by atoms with Gasteiger partial charge < -0.3 is 5.11 Å². The van der Waals surface area contributed by atoms with Crippen LogP contribution in [-0.4, -0.2) is 20.5 Å². The van der Waals surface area contributed by atoms with Gasteiger partial charge in [-0.2, -0.15) is 0 Å². The van der Waals surface area contributed by atoms with E-state index in [-0.39, 0.29) is 29.2 Å². The maximum Gasteiger partial charge on any atom is 0.334 e. The minimum Gasteiger partial charge on any atom is -0.494 e. The number of aromatic nitrogens is 2. The van der Waals surface area contributed by atoms with E-state index in [1.54, 1.807) is 0 Å². The van der Waals surface area contributed by atoms with Crippen LogP contribution in [0, 0.1) is 0 Å². The van der Waals surface area contributed by atoms with Crippen molar-refractivity contribution in [1.82, 2.24) is 9.13 Å². The van der Waals surface area contributed by atoms with E-state index in [2.05, 4.69) is 11.9 Å². The molecule has 0 bridgehead atoms. The summed E-state index contributed by atoms with van der Waals surface area (Å²) in [6, 6.07) is 7.63. The Morgan fingerprint density at radius 2 is 1.52 bits per heavy atom. The molecule has 1 aromatic carbocycles. The molecule has 2 aliphatic rings. The Balaban J connectivity index is 1.86. The second-order valence-electron chi connectivity index (χ2n) is 8.89. The minimum absolute atomic E-state index is 0.0632. The number of aryl methyl sites for hydroxylation is 1. The Kier molecular flexibility index (Phi) is 6.73. The maximum atomic E-state index is 13.5. The van der Waals surface area contributed by atoms with Crippen LogP contribution in [0.5, 0.6) is 5.88 Å². The molecule has 0 unspecified atom stereocenters. The fraction of sp³-hybridized carbons (Fsp3) is 0.560. The summed E-state index contributed by atoms with van der Waals surface area (Å²) in [7, 11) is 0. The summed E-state index contributed by atoms with van der Waals surface area (Å²) in [6.45, 7) is 2.06. The van der Waals surface area contributed by atoms with Crippen molar-refractivity contribution in [2.24, 2.45) is 4.99 Å². The van der Waals surface area contributed by atoms with Crippen molar-refractivity contribution in [3.63, 3.8) is 0 Å². The van der Waals surface area contributed by atoms with Crippen molar-refractivity contribution in [3.8, 4) is 5.88 Å². The smallest absolute Gasteiger partial charge is 0.334 e. The molecule has 6 nitrogen and oxygen atoms in total. The van der Waals surface area contributed by atoms with Gasteiger partial charge in [-0.05, 0) is 43.7 Å². The quantitative estimate of drug-likeness (QED) is 0.685. The lowest BCUT2D eigenvalue weighted by Gasteiger charge is -2.29. The van der Waals surface area contributed by atoms with Gasteiger partial charge in [0.2, 0.25) is 5.88 Å². The van der Waals surface area contributed by atoms with Crippen LogP contribution in [-0.2, 0) is 6.42 Å². The molecule has 1 aromatic heterocycles. The van der Waals surface area contributed by atoms with Gasteiger partial charge in [0.05, 0.1) is 5.69 Å². The van der Waals surface area contributed by atoms with Crippen molar-refractivity contribution in [3.05, 3.63) is 56.2 Å². The molecule has 166 valence electrons. The summed E-state index contributed by atoms with van der Waals surface area (Å²) in [5.74, 6) is -0.230. The van der Waals surface area contributed by atoms with Crippen molar-refractivity contribution in [2.45, 2.75) is 89.6 Å². The number of nitrogens with zero attached hydrogens (tertiary/aromatic N) is 3. The molecule has 0 amide bonds. The molecule has 1 N–H and O–H groups in total. The SMILES string of the molecule is CCc1ccccc1N=Cc1c(O)n(C2CCCCC2)c(=O)n(C2CCCCC2)c1=O. The summed E-state index contributed by atoms with van der Waals surface area (Å²) < 4.78 is 2.91. The lowest BCUT2D eigenvalue weighted by Crippen LogP contribution is -2.45. The van der Waals surface area contributed by atoms with E-state index in [1.807, 2.05) is 24.3 Å². The molecule has 2 fully saturated rings. The van der Waals surface area contributed by atoms with Crippen LogP contribution in [0.4, 0.5) is 5.69 Å². The molecule has 6 heteroatoms. The predicted molar refractivity (Wildman–Crippen MR) is 124 cm³/mol. The third kappa shape index (κ3) is 4.39. The summed E-state index contributed by atoms with van der Waals surface area (Å²) >= 11 is 0.